The van der Waals surface area contributed by atoms with Crippen molar-refractivity contribution in [3.8, 4) is 0 Å². The smallest absolute Gasteiger partial charge is 0.241 e. The van der Waals surface area contributed by atoms with E-state index in [4.69, 9.17) is 4.98 Å². The van der Waals surface area contributed by atoms with Gasteiger partial charge >= 0.3 is 0 Å². The van der Waals surface area contributed by atoms with Gasteiger partial charge < -0.3 is 10.2 Å². The summed E-state index contributed by atoms with van der Waals surface area (Å²) in [6, 6.07) is 11.5. The van der Waals surface area contributed by atoms with E-state index in [1.54, 1.807) is 6.20 Å². The summed E-state index contributed by atoms with van der Waals surface area (Å²) >= 11 is 0. The summed E-state index contributed by atoms with van der Waals surface area (Å²) in [5.41, 5.74) is 2.68. The van der Waals surface area contributed by atoms with Gasteiger partial charge in [0.25, 0.3) is 0 Å². The van der Waals surface area contributed by atoms with Crippen molar-refractivity contribution < 1.29 is 4.79 Å². The summed E-state index contributed by atoms with van der Waals surface area (Å²) in [4.78, 5) is 31.2. The van der Waals surface area contributed by atoms with E-state index in [2.05, 4.69) is 38.9 Å². The van der Waals surface area contributed by atoms with Crippen LogP contribution < -0.4 is 10.2 Å². The van der Waals surface area contributed by atoms with Gasteiger partial charge in [-0.25, -0.2) is 9.97 Å². The normalized spacial score (nSPS) is 16.0. The zero-order chi connectivity index (χ0) is 22.0. The minimum absolute atomic E-state index is 0.00442. The third-order valence-corrected chi connectivity index (χ3v) is 5.84. The summed E-state index contributed by atoms with van der Waals surface area (Å²) in [6.45, 7) is 11.5. The first-order valence-corrected chi connectivity index (χ1v) is 10.9. The number of hydrogen-bond acceptors (Lipinski definition) is 6. The number of nitrogens with one attached hydrogen (secondary N) is 1. The van der Waals surface area contributed by atoms with Crippen LogP contribution in [0.1, 0.15) is 38.2 Å². The quantitative estimate of drug-likeness (QED) is 0.682. The largest absolute Gasteiger partial charge is 0.354 e. The zero-order valence-corrected chi connectivity index (χ0v) is 18.7. The Morgan fingerprint density at radius 1 is 1.03 bits per heavy atom. The molecule has 162 valence electrons. The number of carbonyl (C=O) groups excluding carboxylic acids is 1. The number of rotatable bonds is 5. The van der Waals surface area contributed by atoms with E-state index >= 15 is 0 Å². The molecule has 7 heteroatoms. The maximum absolute atomic E-state index is 13.0. The molecule has 0 spiro atoms. The second kappa shape index (κ2) is 8.98. The first kappa shape index (κ1) is 21.2. The fourth-order valence-corrected chi connectivity index (χ4v) is 3.95. The zero-order valence-electron chi connectivity index (χ0n) is 18.7. The third kappa shape index (κ3) is 4.66. The van der Waals surface area contributed by atoms with Gasteiger partial charge in [0.05, 0.1) is 17.2 Å². The molecule has 1 N–H and O–H groups in total. The second-order valence-corrected chi connectivity index (χ2v) is 8.44. The molecule has 0 bridgehead atoms. The number of aryl methyl sites for hydroxylation is 1. The van der Waals surface area contributed by atoms with Gasteiger partial charge in [-0.1, -0.05) is 19.9 Å². The van der Waals surface area contributed by atoms with Crippen LogP contribution in [-0.4, -0.2) is 58.0 Å². The van der Waals surface area contributed by atoms with Gasteiger partial charge in [0, 0.05) is 55.4 Å². The lowest BCUT2D eigenvalue weighted by atomic mass is 10.1. The van der Waals surface area contributed by atoms with E-state index in [-0.39, 0.29) is 11.9 Å². The van der Waals surface area contributed by atoms with Gasteiger partial charge in [0.1, 0.15) is 11.6 Å². The van der Waals surface area contributed by atoms with E-state index in [0.29, 0.717) is 5.92 Å². The molecule has 0 radical (unpaired) electrons. The summed E-state index contributed by atoms with van der Waals surface area (Å²) in [5.74, 6) is 2.17. The Morgan fingerprint density at radius 2 is 1.81 bits per heavy atom. The fraction of sp³-hybridized carbons (Fsp3) is 0.417. The highest BCUT2D eigenvalue weighted by Gasteiger charge is 2.27. The van der Waals surface area contributed by atoms with Crippen LogP contribution in [0.25, 0.3) is 10.9 Å². The molecule has 7 nitrogen and oxygen atoms in total. The number of aromatic nitrogens is 3. The minimum Gasteiger partial charge on any atom is -0.354 e. The minimum atomic E-state index is -0.215. The van der Waals surface area contributed by atoms with E-state index < -0.39 is 0 Å². The molecule has 3 aromatic rings. The van der Waals surface area contributed by atoms with Crippen molar-refractivity contribution >= 4 is 28.3 Å². The highest BCUT2D eigenvalue weighted by Crippen LogP contribution is 2.23. The molecular weight excluding hydrogens is 388 g/mol. The Hall–Kier alpha value is -3.06. The molecule has 1 atom stereocenters. The summed E-state index contributed by atoms with van der Waals surface area (Å²) < 4.78 is 0. The Bertz CT molecular complexity index is 1070. The van der Waals surface area contributed by atoms with E-state index in [9.17, 15) is 4.79 Å². The lowest BCUT2D eigenvalue weighted by molar-refractivity contribution is -0.120. The summed E-state index contributed by atoms with van der Waals surface area (Å²) in [6.07, 6.45) is 1.76. The van der Waals surface area contributed by atoms with Gasteiger partial charge in [-0.2, -0.15) is 0 Å². The van der Waals surface area contributed by atoms with Crippen LogP contribution in [0.3, 0.4) is 0 Å². The number of fused-ring (bicyclic) bond motifs is 1. The van der Waals surface area contributed by atoms with Crippen molar-refractivity contribution in [3.63, 3.8) is 0 Å². The molecule has 0 saturated carbocycles. The number of anilines is 2. The molecule has 1 aliphatic heterocycles. The molecule has 2 aromatic heterocycles. The van der Waals surface area contributed by atoms with Crippen LogP contribution in [0.4, 0.5) is 11.5 Å². The van der Waals surface area contributed by atoms with E-state index in [1.807, 2.05) is 50.2 Å². The van der Waals surface area contributed by atoms with E-state index in [0.717, 1.165) is 60.1 Å². The number of hydrogen-bond donors (Lipinski definition) is 1. The maximum atomic E-state index is 13.0. The number of nitrogens with zero attached hydrogens (tertiary/aromatic N) is 5. The number of carbonyl (C=O) groups is 1. The molecule has 3 heterocycles. The van der Waals surface area contributed by atoms with Crippen molar-refractivity contribution in [1.29, 1.82) is 0 Å². The van der Waals surface area contributed by atoms with Crippen LogP contribution >= 0.6 is 0 Å². The highest BCUT2D eigenvalue weighted by molar-refractivity contribution is 6.02. The molecule has 1 unspecified atom stereocenters. The Morgan fingerprint density at radius 3 is 2.55 bits per heavy atom. The summed E-state index contributed by atoms with van der Waals surface area (Å²) in [7, 11) is 0. The van der Waals surface area contributed by atoms with Gasteiger partial charge in [-0.15, -0.1) is 0 Å². The first-order chi connectivity index (χ1) is 14.9. The van der Waals surface area contributed by atoms with Gasteiger partial charge in [-0.3, -0.25) is 14.7 Å². The molecule has 1 fully saturated rings. The maximum Gasteiger partial charge on any atom is 0.241 e. The topological polar surface area (TPSA) is 74.2 Å². The predicted molar refractivity (Wildman–Crippen MR) is 124 cm³/mol. The Labute approximate surface area is 183 Å². The van der Waals surface area contributed by atoms with Crippen molar-refractivity contribution in [2.45, 2.75) is 39.7 Å². The molecule has 31 heavy (non-hydrogen) atoms. The van der Waals surface area contributed by atoms with Crippen molar-refractivity contribution in [2.24, 2.45) is 0 Å². The van der Waals surface area contributed by atoms with Crippen molar-refractivity contribution in [1.82, 2.24) is 19.9 Å². The average molecular weight is 419 g/mol. The second-order valence-electron chi connectivity index (χ2n) is 8.44. The van der Waals surface area contributed by atoms with Gasteiger partial charge in [0.2, 0.25) is 5.91 Å². The number of piperazine rings is 1. The predicted octanol–water partition coefficient (Wildman–Crippen LogP) is 3.61. The van der Waals surface area contributed by atoms with Gasteiger partial charge in [0.15, 0.2) is 0 Å². The van der Waals surface area contributed by atoms with Crippen LogP contribution in [0.2, 0.25) is 0 Å². The number of pyridine rings is 1. The molecule has 4 rings (SSSR count). The first-order valence-electron chi connectivity index (χ1n) is 10.9. The van der Waals surface area contributed by atoms with Crippen molar-refractivity contribution in [3.05, 3.63) is 54.1 Å². The summed E-state index contributed by atoms with van der Waals surface area (Å²) in [5, 5.41) is 4.05. The van der Waals surface area contributed by atoms with Gasteiger partial charge in [-0.05, 0) is 38.1 Å². The van der Waals surface area contributed by atoms with Crippen LogP contribution in [0, 0.1) is 6.92 Å². The fourth-order valence-electron chi connectivity index (χ4n) is 3.95. The van der Waals surface area contributed by atoms with E-state index in [1.165, 1.54) is 0 Å². The Kier molecular flexibility index (Phi) is 6.13. The van der Waals surface area contributed by atoms with Crippen LogP contribution in [0.5, 0.6) is 0 Å². The molecule has 1 saturated heterocycles. The van der Waals surface area contributed by atoms with Crippen LogP contribution in [-0.2, 0) is 4.79 Å². The SMILES string of the molecule is Cc1cc(N2CCN(C(C)C(=O)Nc3cccc4ncccc34)CC2)nc(C(C)C)n1. The van der Waals surface area contributed by atoms with Crippen molar-refractivity contribution in [2.75, 3.05) is 36.4 Å². The molecule has 1 aliphatic rings. The molecular formula is C24H30N6O. The molecule has 1 amide bonds. The number of amides is 1. The third-order valence-electron chi connectivity index (χ3n) is 5.84. The lowest BCUT2D eigenvalue weighted by Crippen LogP contribution is -2.53. The molecule has 1 aromatic carbocycles. The standard InChI is InChI=1S/C24H30N6O/c1-16(2)23-26-17(3)15-22(28-23)30-13-11-29(12-14-30)18(4)24(31)27-21-9-5-8-20-19(21)7-6-10-25-20/h5-10,15-16,18H,11-14H2,1-4H3,(H,27,31). The lowest BCUT2D eigenvalue weighted by Gasteiger charge is -2.38. The monoisotopic (exact) mass is 418 g/mol. The van der Waals surface area contributed by atoms with Crippen LogP contribution in [0.15, 0.2) is 42.6 Å². The highest BCUT2D eigenvalue weighted by atomic mass is 16.2. The average Bonchev–Trinajstić information content (AvgIpc) is 2.78. The number of benzene rings is 1. The Balaban J connectivity index is 1.40. The molecule has 0 aliphatic carbocycles.